The Balaban J connectivity index is 1.94. The number of rotatable bonds is 1. The molecule has 0 heterocycles. The van der Waals surface area contributed by atoms with Crippen molar-refractivity contribution in [2.45, 2.75) is 38.5 Å². The molecular formula is C14H18O. The summed E-state index contributed by atoms with van der Waals surface area (Å²) >= 11 is 0. The normalized spacial score (nSPS) is 38.5. The van der Waals surface area contributed by atoms with E-state index in [0.29, 0.717) is 17.1 Å². The monoisotopic (exact) mass is 202 g/mol. The van der Waals surface area contributed by atoms with Crippen molar-refractivity contribution < 1.29 is 5.11 Å². The molecule has 1 aromatic carbocycles. The van der Waals surface area contributed by atoms with Crippen LogP contribution in [0.15, 0.2) is 24.3 Å². The summed E-state index contributed by atoms with van der Waals surface area (Å²) in [6.45, 7) is 2.41. The van der Waals surface area contributed by atoms with Crippen LogP contribution in [-0.2, 0) is 0 Å². The third kappa shape index (κ3) is 1.37. The van der Waals surface area contributed by atoms with Gasteiger partial charge in [-0.3, -0.25) is 0 Å². The number of hydrogen-bond acceptors (Lipinski definition) is 1. The van der Waals surface area contributed by atoms with E-state index in [4.69, 9.17) is 0 Å². The van der Waals surface area contributed by atoms with E-state index in [2.05, 4.69) is 13.0 Å². The Morgan fingerprint density at radius 2 is 2.07 bits per heavy atom. The van der Waals surface area contributed by atoms with Crippen LogP contribution < -0.4 is 0 Å². The maximum absolute atomic E-state index is 9.88. The molecule has 2 aliphatic rings. The molecule has 1 N–H and O–H groups in total. The molecule has 3 atom stereocenters. The van der Waals surface area contributed by atoms with Gasteiger partial charge < -0.3 is 5.11 Å². The molecule has 3 unspecified atom stereocenters. The lowest BCUT2D eigenvalue weighted by molar-refractivity contribution is 0.307. The maximum atomic E-state index is 9.88. The van der Waals surface area contributed by atoms with Crippen LogP contribution in [0.25, 0.3) is 0 Å². The van der Waals surface area contributed by atoms with Crippen molar-refractivity contribution >= 4 is 0 Å². The summed E-state index contributed by atoms with van der Waals surface area (Å²) in [5.74, 6) is 1.94. The molecule has 2 aliphatic carbocycles. The quantitative estimate of drug-likeness (QED) is 0.736. The Bertz CT molecular complexity index is 385. The van der Waals surface area contributed by atoms with Gasteiger partial charge in [0.1, 0.15) is 5.75 Å². The van der Waals surface area contributed by atoms with Crippen molar-refractivity contribution in [1.82, 2.24) is 0 Å². The Hall–Kier alpha value is -0.980. The van der Waals surface area contributed by atoms with Gasteiger partial charge in [-0.25, -0.2) is 0 Å². The summed E-state index contributed by atoms with van der Waals surface area (Å²) < 4.78 is 0. The average molecular weight is 202 g/mol. The van der Waals surface area contributed by atoms with Gasteiger partial charge >= 0.3 is 0 Å². The fourth-order valence-corrected chi connectivity index (χ4v) is 3.76. The highest BCUT2D eigenvalue weighted by Gasteiger charge is 2.48. The molecule has 0 radical (unpaired) electrons. The highest BCUT2D eigenvalue weighted by atomic mass is 16.3. The van der Waals surface area contributed by atoms with Crippen LogP contribution in [0.4, 0.5) is 0 Å². The smallest absolute Gasteiger partial charge is 0.119 e. The number of para-hydroxylation sites is 1. The molecule has 2 fully saturated rings. The Morgan fingerprint density at radius 1 is 1.27 bits per heavy atom. The van der Waals surface area contributed by atoms with E-state index in [1.807, 2.05) is 18.2 Å². The topological polar surface area (TPSA) is 20.2 Å². The van der Waals surface area contributed by atoms with E-state index in [9.17, 15) is 5.11 Å². The predicted octanol–water partition coefficient (Wildman–Crippen LogP) is 3.69. The zero-order valence-corrected chi connectivity index (χ0v) is 9.24. The second-order valence-electron chi connectivity index (χ2n) is 5.68. The summed E-state index contributed by atoms with van der Waals surface area (Å²) in [4.78, 5) is 0. The van der Waals surface area contributed by atoms with E-state index in [-0.39, 0.29) is 0 Å². The number of phenols is 1. The van der Waals surface area contributed by atoms with Gasteiger partial charge in [-0.2, -0.15) is 0 Å². The second-order valence-corrected chi connectivity index (χ2v) is 5.68. The third-order valence-corrected chi connectivity index (χ3v) is 4.49. The van der Waals surface area contributed by atoms with Crippen LogP contribution in [0, 0.1) is 11.3 Å². The molecule has 3 rings (SSSR count). The molecule has 15 heavy (non-hydrogen) atoms. The maximum Gasteiger partial charge on any atom is 0.119 e. The van der Waals surface area contributed by atoms with Crippen LogP contribution in [0.5, 0.6) is 5.75 Å². The Morgan fingerprint density at radius 3 is 2.67 bits per heavy atom. The van der Waals surface area contributed by atoms with Crippen molar-refractivity contribution in [2.75, 3.05) is 0 Å². The predicted molar refractivity (Wildman–Crippen MR) is 60.9 cm³/mol. The van der Waals surface area contributed by atoms with Crippen molar-refractivity contribution in [3.63, 3.8) is 0 Å². The van der Waals surface area contributed by atoms with Gasteiger partial charge in [-0.1, -0.05) is 25.1 Å². The molecule has 1 nitrogen and oxygen atoms in total. The largest absolute Gasteiger partial charge is 0.508 e. The van der Waals surface area contributed by atoms with Gasteiger partial charge in [0.25, 0.3) is 0 Å². The number of hydrogen-bond donors (Lipinski definition) is 1. The molecule has 0 aliphatic heterocycles. The summed E-state index contributed by atoms with van der Waals surface area (Å²) in [7, 11) is 0. The van der Waals surface area contributed by atoms with E-state index in [1.54, 1.807) is 0 Å². The molecular weight excluding hydrogens is 184 g/mol. The summed E-state index contributed by atoms with van der Waals surface area (Å²) in [5.41, 5.74) is 1.75. The molecule has 2 saturated carbocycles. The highest BCUT2D eigenvalue weighted by Crippen LogP contribution is 2.60. The van der Waals surface area contributed by atoms with Crippen LogP contribution in [-0.4, -0.2) is 5.11 Å². The number of benzene rings is 1. The molecule has 80 valence electrons. The minimum Gasteiger partial charge on any atom is -0.508 e. The zero-order chi connectivity index (χ0) is 10.5. The third-order valence-electron chi connectivity index (χ3n) is 4.49. The summed E-state index contributed by atoms with van der Waals surface area (Å²) in [5, 5.41) is 9.88. The first-order valence-electron chi connectivity index (χ1n) is 5.96. The summed E-state index contributed by atoms with van der Waals surface area (Å²) in [6, 6.07) is 7.88. The second kappa shape index (κ2) is 3.01. The minimum atomic E-state index is 0.499. The molecule has 0 amide bonds. The van der Waals surface area contributed by atoms with Gasteiger partial charge in [0.15, 0.2) is 0 Å². The van der Waals surface area contributed by atoms with E-state index in [0.717, 1.165) is 5.92 Å². The summed E-state index contributed by atoms with van der Waals surface area (Å²) in [6.07, 6.45) is 5.39. The van der Waals surface area contributed by atoms with Gasteiger partial charge in [0, 0.05) is 0 Å². The Kier molecular flexibility index (Phi) is 1.86. The average Bonchev–Trinajstić information content (AvgIpc) is 2.73. The van der Waals surface area contributed by atoms with Gasteiger partial charge in [-0.05, 0) is 54.6 Å². The van der Waals surface area contributed by atoms with E-state index < -0.39 is 0 Å². The van der Waals surface area contributed by atoms with Crippen LogP contribution in [0.1, 0.15) is 44.1 Å². The molecule has 0 aromatic heterocycles. The number of aromatic hydroxyl groups is 1. The SMILES string of the molecule is CC12CCC(C1)C(c1ccccc1O)C2. The lowest BCUT2D eigenvalue weighted by Gasteiger charge is -2.27. The molecule has 1 heteroatoms. The first-order chi connectivity index (χ1) is 7.18. The lowest BCUT2D eigenvalue weighted by atomic mass is 9.78. The van der Waals surface area contributed by atoms with E-state index in [1.165, 1.54) is 31.2 Å². The molecule has 0 saturated heterocycles. The van der Waals surface area contributed by atoms with Gasteiger partial charge in [0.05, 0.1) is 0 Å². The minimum absolute atomic E-state index is 0.499. The van der Waals surface area contributed by atoms with Crippen LogP contribution >= 0.6 is 0 Å². The standard InChI is InChI=1S/C14H18O/c1-14-7-6-10(8-14)12(9-14)11-4-2-3-5-13(11)15/h2-5,10,12,15H,6-9H2,1H3. The lowest BCUT2D eigenvalue weighted by Crippen LogP contribution is -2.13. The Labute approximate surface area is 91.1 Å². The van der Waals surface area contributed by atoms with Crippen molar-refractivity contribution in [3.05, 3.63) is 29.8 Å². The van der Waals surface area contributed by atoms with Crippen molar-refractivity contribution in [1.29, 1.82) is 0 Å². The number of phenolic OH excluding ortho intramolecular Hbond substituents is 1. The highest BCUT2D eigenvalue weighted by molar-refractivity contribution is 5.37. The molecule has 1 aromatic rings. The fourth-order valence-electron chi connectivity index (χ4n) is 3.76. The molecule has 0 spiro atoms. The number of fused-ring (bicyclic) bond motifs is 2. The fraction of sp³-hybridized carbons (Fsp3) is 0.571. The first-order valence-corrected chi connectivity index (χ1v) is 5.96. The van der Waals surface area contributed by atoms with Gasteiger partial charge in [0.2, 0.25) is 0 Å². The zero-order valence-electron chi connectivity index (χ0n) is 9.24. The molecule has 2 bridgehead atoms. The van der Waals surface area contributed by atoms with Crippen molar-refractivity contribution in [2.24, 2.45) is 11.3 Å². The van der Waals surface area contributed by atoms with E-state index >= 15 is 0 Å². The van der Waals surface area contributed by atoms with Gasteiger partial charge in [-0.15, -0.1) is 0 Å². The van der Waals surface area contributed by atoms with Crippen LogP contribution in [0.2, 0.25) is 0 Å². The van der Waals surface area contributed by atoms with Crippen LogP contribution in [0.3, 0.4) is 0 Å². The van der Waals surface area contributed by atoms with Crippen molar-refractivity contribution in [3.8, 4) is 5.75 Å². The first kappa shape index (κ1) is 9.26.